The molecule has 0 spiro atoms. The molecule has 0 aliphatic carbocycles. The average Bonchev–Trinajstić information content (AvgIpc) is 3.25. The smallest absolute Gasteiger partial charge is 0.255 e. The summed E-state index contributed by atoms with van der Waals surface area (Å²) in [5, 5.41) is 2.87. The molecule has 2 aliphatic heterocycles. The number of likely N-dealkylation sites (tertiary alicyclic amines) is 1. The maximum Gasteiger partial charge on any atom is 0.255 e. The SMILES string of the molecule is CCC1CCCCN1C(=O)c1cncc(C(=O)NCc2ccc3c(c2)OCO3)c1. The first-order valence-electron chi connectivity index (χ1n) is 10.1. The van der Waals surface area contributed by atoms with E-state index in [4.69, 9.17) is 9.47 Å². The number of aromatic nitrogens is 1. The molecule has 1 aromatic carbocycles. The molecule has 2 aromatic rings. The van der Waals surface area contributed by atoms with Crippen LogP contribution in [0.4, 0.5) is 0 Å². The van der Waals surface area contributed by atoms with Crippen LogP contribution < -0.4 is 14.8 Å². The van der Waals surface area contributed by atoms with Gasteiger partial charge in [-0.2, -0.15) is 0 Å². The molecule has 1 saturated heterocycles. The minimum absolute atomic E-state index is 0.0468. The van der Waals surface area contributed by atoms with Crippen molar-refractivity contribution < 1.29 is 19.1 Å². The first-order chi connectivity index (χ1) is 14.2. The number of fused-ring (bicyclic) bond motifs is 1. The molecule has 0 bridgehead atoms. The van der Waals surface area contributed by atoms with E-state index < -0.39 is 0 Å². The van der Waals surface area contributed by atoms with E-state index in [9.17, 15) is 9.59 Å². The number of pyridine rings is 1. The normalized spacial score (nSPS) is 17.8. The molecule has 3 heterocycles. The van der Waals surface area contributed by atoms with E-state index in [1.165, 1.54) is 12.4 Å². The van der Waals surface area contributed by atoms with Gasteiger partial charge in [-0.3, -0.25) is 14.6 Å². The van der Waals surface area contributed by atoms with E-state index in [1.54, 1.807) is 6.07 Å². The number of hydrogen-bond acceptors (Lipinski definition) is 5. The molecule has 29 heavy (non-hydrogen) atoms. The summed E-state index contributed by atoms with van der Waals surface area (Å²) in [4.78, 5) is 31.6. The lowest BCUT2D eigenvalue weighted by molar-refractivity contribution is 0.0607. The fourth-order valence-corrected chi connectivity index (χ4v) is 3.87. The zero-order valence-corrected chi connectivity index (χ0v) is 16.5. The van der Waals surface area contributed by atoms with Crippen LogP contribution in [-0.2, 0) is 6.54 Å². The van der Waals surface area contributed by atoms with Crippen LogP contribution in [-0.4, -0.2) is 41.1 Å². The second kappa shape index (κ2) is 8.51. The number of carbonyl (C=O) groups is 2. The average molecular weight is 395 g/mol. The Morgan fingerprint density at radius 1 is 1.14 bits per heavy atom. The Bertz CT molecular complexity index is 915. The van der Waals surface area contributed by atoms with E-state index in [0.29, 0.717) is 29.2 Å². The van der Waals surface area contributed by atoms with Crippen LogP contribution in [0.2, 0.25) is 0 Å². The number of hydrogen-bond donors (Lipinski definition) is 1. The highest BCUT2D eigenvalue weighted by molar-refractivity contribution is 5.99. The van der Waals surface area contributed by atoms with Crippen molar-refractivity contribution in [3.05, 3.63) is 53.3 Å². The minimum atomic E-state index is -0.268. The molecule has 0 saturated carbocycles. The van der Waals surface area contributed by atoms with Crippen LogP contribution >= 0.6 is 0 Å². The van der Waals surface area contributed by atoms with Gasteiger partial charge >= 0.3 is 0 Å². The van der Waals surface area contributed by atoms with E-state index in [1.807, 2.05) is 23.1 Å². The number of piperidine rings is 1. The number of amides is 2. The quantitative estimate of drug-likeness (QED) is 0.841. The third kappa shape index (κ3) is 4.18. The van der Waals surface area contributed by atoms with Crippen LogP contribution in [0.3, 0.4) is 0 Å². The van der Waals surface area contributed by atoms with Gasteiger partial charge in [-0.25, -0.2) is 0 Å². The summed E-state index contributed by atoms with van der Waals surface area (Å²) in [5.41, 5.74) is 1.74. The topological polar surface area (TPSA) is 80.8 Å². The van der Waals surface area contributed by atoms with Gasteiger partial charge in [-0.05, 0) is 49.4 Å². The van der Waals surface area contributed by atoms with E-state index in [2.05, 4.69) is 17.2 Å². The predicted octanol–water partition coefficient (Wildman–Crippen LogP) is 3.15. The summed E-state index contributed by atoms with van der Waals surface area (Å²) in [6, 6.07) is 7.45. The van der Waals surface area contributed by atoms with Crippen LogP contribution in [0.15, 0.2) is 36.7 Å². The Hall–Kier alpha value is -3.09. The highest BCUT2D eigenvalue weighted by atomic mass is 16.7. The largest absolute Gasteiger partial charge is 0.454 e. The summed E-state index contributed by atoms with van der Waals surface area (Å²) in [5.74, 6) is 1.07. The summed E-state index contributed by atoms with van der Waals surface area (Å²) in [6.07, 6.45) is 7.17. The molecule has 2 amide bonds. The summed E-state index contributed by atoms with van der Waals surface area (Å²) in [6.45, 7) is 3.43. The molecular formula is C22H25N3O4. The molecule has 1 N–H and O–H groups in total. The molecule has 1 aromatic heterocycles. The first-order valence-corrected chi connectivity index (χ1v) is 10.1. The number of rotatable bonds is 5. The van der Waals surface area contributed by atoms with Crippen LogP contribution in [0.1, 0.15) is 58.9 Å². The molecular weight excluding hydrogens is 370 g/mol. The third-order valence-electron chi connectivity index (χ3n) is 5.50. The molecule has 152 valence electrons. The molecule has 2 aliphatic rings. The third-order valence-corrected chi connectivity index (χ3v) is 5.50. The fourth-order valence-electron chi connectivity index (χ4n) is 3.87. The van der Waals surface area contributed by atoms with Crippen molar-refractivity contribution in [2.24, 2.45) is 0 Å². The number of benzene rings is 1. The van der Waals surface area contributed by atoms with Crippen molar-refractivity contribution in [1.29, 1.82) is 0 Å². The summed E-state index contributed by atoms with van der Waals surface area (Å²) >= 11 is 0. The van der Waals surface area contributed by atoms with Gasteiger partial charge in [0.2, 0.25) is 6.79 Å². The lowest BCUT2D eigenvalue weighted by Gasteiger charge is -2.35. The highest BCUT2D eigenvalue weighted by Crippen LogP contribution is 2.32. The lowest BCUT2D eigenvalue weighted by atomic mass is 9.99. The zero-order valence-electron chi connectivity index (χ0n) is 16.5. The van der Waals surface area contributed by atoms with Gasteiger partial charge < -0.3 is 19.7 Å². The Morgan fingerprint density at radius 3 is 2.83 bits per heavy atom. The van der Waals surface area contributed by atoms with Gasteiger partial charge in [0.25, 0.3) is 11.8 Å². The monoisotopic (exact) mass is 395 g/mol. The molecule has 1 atom stereocenters. The molecule has 1 unspecified atom stereocenters. The van der Waals surface area contributed by atoms with Gasteiger partial charge in [0.05, 0.1) is 11.1 Å². The molecule has 4 rings (SSSR count). The van der Waals surface area contributed by atoms with Crippen molar-refractivity contribution in [3.8, 4) is 11.5 Å². The van der Waals surface area contributed by atoms with Crippen molar-refractivity contribution >= 4 is 11.8 Å². The van der Waals surface area contributed by atoms with Gasteiger partial charge in [0.1, 0.15) is 0 Å². The predicted molar refractivity (Wildman–Crippen MR) is 107 cm³/mol. The lowest BCUT2D eigenvalue weighted by Crippen LogP contribution is -2.43. The maximum absolute atomic E-state index is 13.0. The van der Waals surface area contributed by atoms with E-state index in [0.717, 1.165) is 37.8 Å². The molecule has 7 heteroatoms. The van der Waals surface area contributed by atoms with Crippen molar-refractivity contribution in [3.63, 3.8) is 0 Å². The van der Waals surface area contributed by atoms with Crippen molar-refractivity contribution in [1.82, 2.24) is 15.2 Å². The summed E-state index contributed by atoms with van der Waals surface area (Å²) < 4.78 is 10.7. The number of carbonyl (C=O) groups excluding carboxylic acids is 2. The van der Waals surface area contributed by atoms with Gasteiger partial charge in [-0.15, -0.1) is 0 Å². The second-order valence-electron chi connectivity index (χ2n) is 7.39. The Labute approximate surface area is 170 Å². The standard InChI is InChI=1S/C22H25N3O4/c1-2-18-5-3-4-8-25(18)22(27)17-10-16(12-23-13-17)21(26)24-11-15-6-7-19-20(9-15)29-14-28-19/h6-7,9-10,12-13,18H,2-5,8,11,14H2,1H3,(H,24,26). The fraction of sp³-hybridized carbons (Fsp3) is 0.409. The molecule has 7 nitrogen and oxygen atoms in total. The summed E-state index contributed by atoms with van der Waals surface area (Å²) in [7, 11) is 0. The van der Waals surface area contributed by atoms with Crippen molar-refractivity contribution in [2.45, 2.75) is 45.2 Å². The van der Waals surface area contributed by atoms with E-state index >= 15 is 0 Å². The number of nitrogens with one attached hydrogen (secondary N) is 1. The number of nitrogens with zero attached hydrogens (tertiary/aromatic N) is 2. The van der Waals surface area contributed by atoms with Crippen LogP contribution in [0.25, 0.3) is 0 Å². The van der Waals surface area contributed by atoms with Gasteiger partial charge in [0, 0.05) is 31.5 Å². The number of ether oxygens (including phenoxy) is 2. The minimum Gasteiger partial charge on any atom is -0.454 e. The van der Waals surface area contributed by atoms with Crippen molar-refractivity contribution in [2.75, 3.05) is 13.3 Å². The molecule has 0 radical (unpaired) electrons. The first kappa shape index (κ1) is 19.2. The van der Waals surface area contributed by atoms with Crippen LogP contribution in [0, 0.1) is 0 Å². The Morgan fingerprint density at radius 2 is 1.97 bits per heavy atom. The van der Waals surface area contributed by atoms with Gasteiger partial charge in [0.15, 0.2) is 11.5 Å². The maximum atomic E-state index is 13.0. The Balaban J connectivity index is 1.42. The van der Waals surface area contributed by atoms with Crippen LogP contribution in [0.5, 0.6) is 11.5 Å². The van der Waals surface area contributed by atoms with Gasteiger partial charge in [-0.1, -0.05) is 13.0 Å². The van der Waals surface area contributed by atoms with E-state index in [-0.39, 0.29) is 24.6 Å². The second-order valence-corrected chi connectivity index (χ2v) is 7.39. The zero-order chi connectivity index (χ0) is 20.2. The molecule has 1 fully saturated rings. The highest BCUT2D eigenvalue weighted by Gasteiger charge is 2.26. The Kier molecular flexibility index (Phi) is 5.64.